The van der Waals surface area contributed by atoms with Gasteiger partial charge in [0.15, 0.2) is 0 Å². The van der Waals surface area contributed by atoms with Gasteiger partial charge in [-0.15, -0.1) is 0 Å². The van der Waals surface area contributed by atoms with Gasteiger partial charge < -0.3 is 10.2 Å². The van der Waals surface area contributed by atoms with Crippen molar-refractivity contribution in [2.24, 2.45) is 0 Å². The van der Waals surface area contributed by atoms with Gasteiger partial charge >= 0.3 is 0 Å². The molecule has 1 fully saturated rings. The number of nitrogens with one attached hydrogen (secondary N) is 1. The number of hydrogen-bond acceptors (Lipinski definition) is 5. The quantitative estimate of drug-likeness (QED) is 0.872. The number of sulfonamides is 1. The van der Waals surface area contributed by atoms with Crippen LogP contribution in [0.4, 0.5) is 5.82 Å². The van der Waals surface area contributed by atoms with Crippen LogP contribution in [0.15, 0.2) is 23.2 Å². The highest BCUT2D eigenvalue weighted by Gasteiger charge is 2.29. The molecule has 0 radical (unpaired) electrons. The Morgan fingerprint density at radius 1 is 1.55 bits per heavy atom. The van der Waals surface area contributed by atoms with Crippen LogP contribution in [0, 0.1) is 0 Å². The fraction of sp³-hybridized carbons (Fsp3) is 0.615. The van der Waals surface area contributed by atoms with E-state index in [-0.39, 0.29) is 4.90 Å². The van der Waals surface area contributed by atoms with E-state index in [0.29, 0.717) is 18.4 Å². The molecule has 1 aliphatic heterocycles. The van der Waals surface area contributed by atoms with E-state index in [2.05, 4.69) is 15.2 Å². The number of nitrogens with zero attached hydrogens (tertiary/aromatic N) is 3. The Bertz CT molecular complexity index is 561. The normalized spacial score (nSPS) is 20.5. The lowest BCUT2D eigenvalue weighted by atomic mass is 10.2. The summed E-state index contributed by atoms with van der Waals surface area (Å²) in [7, 11) is 1.84. The van der Waals surface area contributed by atoms with Crippen molar-refractivity contribution in [3.63, 3.8) is 0 Å². The van der Waals surface area contributed by atoms with Crippen molar-refractivity contribution in [2.75, 3.05) is 39.5 Å². The monoisotopic (exact) mass is 298 g/mol. The Morgan fingerprint density at radius 2 is 2.30 bits per heavy atom. The molecule has 1 aromatic heterocycles. The van der Waals surface area contributed by atoms with E-state index in [1.54, 1.807) is 32.4 Å². The number of rotatable bonds is 5. The fourth-order valence-corrected chi connectivity index (χ4v) is 3.91. The maximum absolute atomic E-state index is 12.6. The summed E-state index contributed by atoms with van der Waals surface area (Å²) in [4.78, 5) is 6.51. The molecule has 0 spiro atoms. The lowest BCUT2D eigenvalue weighted by molar-refractivity contribution is 0.271. The Balaban J connectivity index is 2.21. The molecule has 1 atom stereocenters. The molecule has 1 N–H and O–H groups in total. The molecular weight excluding hydrogens is 276 g/mol. The van der Waals surface area contributed by atoms with E-state index >= 15 is 0 Å². The topological polar surface area (TPSA) is 65.5 Å². The highest BCUT2D eigenvalue weighted by Crippen LogP contribution is 2.23. The predicted molar refractivity (Wildman–Crippen MR) is 79.3 cm³/mol. The van der Waals surface area contributed by atoms with E-state index in [9.17, 15) is 8.42 Å². The third kappa shape index (κ3) is 2.94. The minimum absolute atomic E-state index is 0.227. The van der Waals surface area contributed by atoms with Crippen molar-refractivity contribution >= 4 is 15.8 Å². The van der Waals surface area contributed by atoms with Crippen LogP contribution < -0.4 is 5.32 Å². The van der Waals surface area contributed by atoms with Crippen LogP contribution in [0.1, 0.15) is 12.8 Å². The highest BCUT2D eigenvalue weighted by atomic mass is 32.2. The lowest BCUT2D eigenvalue weighted by Crippen LogP contribution is -2.39. The minimum Gasteiger partial charge on any atom is -0.372 e. The average molecular weight is 298 g/mol. The molecule has 0 aromatic carbocycles. The molecule has 1 aromatic rings. The van der Waals surface area contributed by atoms with Crippen LogP contribution >= 0.6 is 0 Å². The Morgan fingerprint density at radius 3 is 2.90 bits per heavy atom. The van der Waals surface area contributed by atoms with Crippen molar-refractivity contribution in [3.05, 3.63) is 18.3 Å². The van der Waals surface area contributed by atoms with Crippen molar-refractivity contribution in [3.8, 4) is 0 Å². The molecule has 0 aliphatic carbocycles. The van der Waals surface area contributed by atoms with Gasteiger partial charge in [-0.05, 0) is 38.6 Å². The van der Waals surface area contributed by atoms with Crippen LogP contribution in [0.3, 0.4) is 0 Å². The smallest absolute Gasteiger partial charge is 0.246 e. The van der Waals surface area contributed by atoms with Gasteiger partial charge in [0.25, 0.3) is 0 Å². The number of aromatic nitrogens is 1. The molecule has 2 heterocycles. The molecule has 2 rings (SSSR count). The third-order valence-electron chi connectivity index (χ3n) is 3.84. The van der Waals surface area contributed by atoms with Crippen LogP contribution in [0.2, 0.25) is 0 Å². The van der Waals surface area contributed by atoms with E-state index in [1.165, 1.54) is 4.31 Å². The zero-order chi connectivity index (χ0) is 14.8. The second kappa shape index (κ2) is 6.07. The Labute approximate surface area is 120 Å². The molecule has 20 heavy (non-hydrogen) atoms. The molecule has 0 bridgehead atoms. The first-order chi connectivity index (χ1) is 9.46. The first-order valence-electron chi connectivity index (χ1n) is 6.76. The van der Waals surface area contributed by atoms with Crippen molar-refractivity contribution in [1.82, 2.24) is 14.2 Å². The van der Waals surface area contributed by atoms with E-state index < -0.39 is 10.0 Å². The number of likely N-dealkylation sites (N-methyl/N-ethyl adjacent to an activating group) is 2. The first kappa shape index (κ1) is 15.2. The molecule has 0 amide bonds. The molecule has 1 saturated heterocycles. The van der Waals surface area contributed by atoms with Crippen molar-refractivity contribution in [2.45, 2.75) is 23.8 Å². The van der Waals surface area contributed by atoms with Gasteiger partial charge in [-0.3, -0.25) is 0 Å². The second-order valence-corrected chi connectivity index (χ2v) is 7.18. The van der Waals surface area contributed by atoms with Crippen LogP contribution in [0.25, 0.3) is 0 Å². The van der Waals surface area contributed by atoms with E-state index in [1.807, 2.05) is 7.05 Å². The van der Waals surface area contributed by atoms with Crippen molar-refractivity contribution in [1.29, 1.82) is 0 Å². The SMILES string of the molecule is CNc1ncccc1S(=O)(=O)N(C)CC1CCCN1C. The summed E-state index contributed by atoms with van der Waals surface area (Å²) < 4.78 is 26.7. The van der Waals surface area contributed by atoms with E-state index in [0.717, 1.165) is 19.4 Å². The molecule has 6 nitrogen and oxygen atoms in total. The summed E-state index contributed by atoms with van der Waals surface area (Å²) in [5.41, 5.74) is 0. The second-order valence-electron chi connectivity index (χ2n) is 5.16. The van der Waals surface area contributed by atoms with Gasteiger partial charge in [0.05, 0.1) is 0 Å². The largest absolute Gasteiger partial charge is 0.372 e. The number of likely N-dealkylation sites (tertiary alicyclic amines) is 1. The van der Waals surface area contributed by atoms with Gasteiger partial charge in [0.2, 0.25) is 10.0 Å². The lowest BCUT2D eigenvalue weighted by Gasteiger charge is -2.25. The maximum atomic E-state index is 12.6. The van der Waals surface area contributed by atoms with Crippen LogP contribution in [0.5, 0.6) is 0 Å². The Hall–Kier alpha value is -1.18. The van der Waals surface area contributed by atoms with E-state index in [4.69, 9.17) is 0 Å². The average Bonchev–Trinajstić information content (AvgIpc) is 2.84. The summed E-state index contributed by atoms with van der Waals surface area (Å²) >= 11 is 0. The summed E-state index contributed by atoms with van der Waals surface area (Å²) in [5.74, 6) is 0.388. The zero-order valence-electron chi connectivity index (χ0n) is 12.2. The third-order valence-corrected chi connectivity index (χ3v) is 5.69. The first-order valence-corrected chi connectivity index (χ1v) is 8.20. The summed E-state index contributed by atoms with van der Waals surface area (Å²) in [6.07, 6.45) is 3.75. The zero-order valence-corrected chi connectivity index (χ0v) is 13.0. The van der Waals surface area contributed by atoms with Gasteiger partial charge in [0.1, 0.15) is 10.7 Å². The van der Waals surface area contributed by atoms with Gasteiger partial charge in [-0.25, -0.2) is 13.4 Å². The van der Waals surface area contributed by atoms with Gasteiger partial charge in [0, 0.05) is 32.9 Å². The van der Waals surface area contributed by atoms with Gasteiger partial charge in [-0.2, -0.15) is 4.31 Å². The molecule has 7 heteroatoms. The molecule has 0 saturated carbocycles. The number of anilines is 1. The number of pyridine rings is 1. The number of hydrogen-bond donors (Lipinski definition) is 1. The summed E-state index contributed by atoms with van der Waals surface area (Å²) in [6, 6.07) is 3.52. The molecule has 1 aliphatic rings. The maximum Gasteiger partial charge on any atom is 0.246 e. The molecule has 112 valence electrons. The standard InChI is InChI=1S/C13H22N4O2S/c1-14-13-12(7-4-8-15-13)20(18,19)17(3)10-11-6-5-9-16(11)2/h4,7-8,11H,5-6,9-10H2,1-3H3,(H,14,15). The van der Waals surface area contributed by atoms with Gasteiger partial charge in [-0.1, -0.05) is 0 Å². The van der Waals surface area contributed by atoms with Crippen LogP contribution in [-0.4, -0.2) is 62.9 Å². The predicted octanol–water partition coefficient (Wildman–Crippen LogP) is 0.838. The Kier molecular flexibility index (Phi) is 4.62. The van der Waals surface area contributed by atoms with Crippen molar-refractivity contribution < 1.29 is 8.42 Å². The molecular formula is C13H22N4O2S. The summed E-state index contributed by atoms with van der Waals surface area (Å²) in [6.45, 7) is 1.55. The molecule has 1 unspecified atom stereocenters. The summed E-state index contributed by atoms with van der Waals surface area (Å²) in [5, 5.41) is 2.83. The van der Waals surface area contributed by atoms with Crippen LogP contribution in [-0.2, 0) is 10.0 Å². The highest BCUT2D eigenvalue weighted by molar-refractivity contribution is 7.89. The fourth-order valence-electron chi connectivity index (χ4n) is 2.56. The minimum atomic E-state index is -3.51.